The maximum absolute atomic E-state index is 4.05. The average molecular weight is 296 g/mol. The summed E-state index contributed by atoms with van der Waals surface area (Å²) in [5, 5.41) is 11.3. The van der Waals surface area contributed by atoms with Crippen LogP contribution in [0.4, 0.5) is 5.82 Å². The third kappa shape index (κ3) is 4.53. The minimum atomic E-state index is 0.830. The molecular weight excluding hydrogens is 272 g/mol. The fraction of sp³-hybridized carbons (Fsp3) is 0.444. The fourth-order valence-electron chi connectivity index (χ4n) is 3.08. The predicted molar refractivity (Wildman–Crippen MR) is 89.6 cm³/mol. The molecule has 0 radical (unpaired) electrons. The van der Waals surface area contributed by atoms with Gasteiger partial charge in [-0.15, -0.1) is 5.10 Å². The van der Waals surface area contributed by atoms with Crippen molar-refractivity contribution in [2.45, 2.75) is 25.8 Å². The summed E-state index contributed by atoms with van der Waals surface area (Å²) in [6.45, 7) is 4.50. The Balaban J connectivity index is 1.35. The number of piperidine rings is 1. The number of hydrogen-bond donors (Lipinski definition) is 1. The number of benzene rings is 1. The molecule has 1 aliphatic rings. The van der Waals surface area contributed by atoms with E-state index >= 15 is 0 Å². The van der Waals surface area contributed by atoms with Gasteiger partial charge in [0.15, 0.2) is 0 Å². The summed E-state index contributed by atoms with van der Waals surface area (Å²) < 4.78 is 0. The number of hydrogen-bond acceptors (Lipinski definition) is 4. The normalized spacial score (nSPS) is 16.5. The molecule has 1 aromatic heterocycles. The van der Waals surface area contributed by atoms with E-state index in [1.165, 1.54) is 37.9 Å². The largest absolute Gasteiger partial charge is 0.369 e. The lowest BCUT2D eigenvalue weighted by Gasteiger charge is -2.32. The summed E-state index contributed by atoms with van der Waals surface area (Å²) in [6.07, 6.45) is 5.52. The maximum atomic E-state index is 4.05. The first kappa shape index (κ1) is 15.0. The van der Waals surface area contributed by atoms with Gasteiger partial charge < -0.3 is 5.32 Å². The van der Waals surface area contributed by atoms with E-state index in [2.05, 4.69) is 50.7 Å². The number of nitrogens with one attached hydrogen (secondary N) is 1. The van der Waals surface area contributed by atoms with E-state index in [0.717, 1.165) is 24.8 Å². The van der Waals surface area contributed by atoms with E-state index in [1.54, 1.807) is 6.20 Å². The molecule has 0 amide bonds. The van der Waals surface area contributed by atoms with Gasteiger partial charge in [-0.3, -0.25) is 4.90 Å². The molecule has 4 nitrogen and oxygen atoms in total. The molecule has 1 aromatic carbocycles. The highest BCUT2D eigenvalue weighted by molar-refractivity contribution is 5.31. The third-order valence-electron chi connectivity index (χ3n) is 4.39. The van der Waals surface area contributed by atoms with E-state index in [4.69, 9.17) is 0 Å². The van der Waals surface area contributed by atoms with Gasteiger partial charge in [0.2, 0.25) is 0 Å². The number of nitrogens with zero attached hydrogens (tertiary/aromatic N) is 3. The summed E-state index contributed by atoms with van der Waals surface area (Å²) in [5.74, 6) is 1.71. The summed E-state index contributed by atoms with van der Waals surface area (Å²) in [5.41, 5.74) is 1.42. The van der Waals surface area contributed by atoms with E-state index in [1.807, 2.05) is 12.1 Å². The van der Waals surface area contributed by atoms with Crippen molar-refractivity contribution < 1.29 is 0 Å². The molecule has 1 saturated heterocycles. The van der Waals surface area contributed by atoms with Crippen molar-refractivity contribution in [2.24, 2.45) is 5.92 Å². The molecule has 4 heteroatoms. The van der Waals surface area contributed by atoms with Crippen LogP contribution in [0.2, 0.25) is 0 Å². The van der Waals surface area contributed by atoms with Crippen LogP contribution in [0, 0.1) is 5.92 Å². The van der Waals surface area contributed by atoms with E-state index in [0.29, 0.717) is 0 Å². The Bertz CT molecular complexity index is 536. The number of rotatable bonds is 6. The van der Waals surface area contributed by atoms with Gasteiger partial charge in [-0.1, -0.05) is 30.3 Å². The molecule has 2 heterocycles. The molecule has 0 bridgehead atoms. The number of likely N-dealkylation sites (tertiary alicyclic amines) is 1. The molecule has 116 valence electrons. The first-order valence-corrected chi connectivity index (χ1v) is 8.18. The Kier molecular flexibility index (Phi) is 5.37. The van der Waals surface area contributed by atoms with Gasteiger partial charge in [0.05, 0.1) is 0 Å². The average Bonchev–Trinajstić information content (AvgIpc) is 2.58. The van der Waals surface area contributed by atoms with Crippen molar-refractivity contribution in [3.8, 4) is 0 Å². The quantitative estimate of drug-likeness (QED) is 0.889. The van der Waals surface area contributed by atoms with E-state index in [-0.39, 0.29) is 0 Å². The monoisotopic (exact) mass is 296 g/mol. The smallest absolute Gasteiger partial charge is 0.148 e. The van der Waals surface area contributed by atoms with Crippen LogP contribution in [0.3, 0.4) is 0 Å². The molecule has 1 N–H and O–H groups in total. The van der Waals surface area contributed by atoms with E-state index in [9.17, 15) is 0 Å². The van der Waals surface area contributed by atoms with Crippen LogP contribution >= 0.6 is 0 Å². The molecule has 1 aliphatic heterocycles. The van der Waals surface area contributed by atoms with Crippen molar-refractivity contribution in [1.82, 2.24) is 15.1 Å². The van der Waals surface area contributed by atoms with Gasteiger partial charge in [0.25, 0.3) is 0 Å². The fourth-order valence-corrected chi connectivity index (χ4v) is 3.08. The summed E-state index contributed by atoms with van der Waals surface area (Å²) >= 11 is 0. The highest BCUT2D eigenvalue weighted by Gasteiger charge is 2.18. The van der Waals surface area contributed by atoms with Gasteiger partial charge in [-0.2, -0.15) is 5.10 Å². The number of anilines is 1. The minimum absolute atomic E-state index is 0.830. The lowest BCUT2D eigenvalue weighted by atomic mass is 9.93. The third-order valence-corrected chi connectivity index (χ3v) is 4.39. The molecule has 2 aromatic rings. The van der Waals surface area contributed by atoms with Crippen molar-refractivity contribution in [3.05, 3.63) is 54.2 Å². The maximum Gasteiger partial charge on any atom is 0.148 e. The Morgan fingerprint density at radius 1 is 1.05 bits per heavy atom. The van der Waals surface area contributed by atoms with Gasteiger partial charge in [0, 0.05) is 19.3 Å². The lowest BCUT2D eigenvalue weighted by molar-refractivity contribution is 0.174. The molecule has 1 fully saturated rings. The molecule has 0 saturated carbocycles. The van der Waals surface area contributed by atoms with Crippen LogP contribution in [0.25, 0.3) is 0 Å². The SMILES string of the molecule is c1ccc(CN2CCC(CCNc3cccnn3)CC2)cc1. The second-order valence-electron chi connectivity index (χ2n) is 6.03. The van der Waals surface area contributed by atoms with Crippen LogP contribution in [-0.2, 0) is 6.54 Å². The van der Waals surface area contributed by atoms with Crippen LogP contribution in [0.15, 0.2) is 48.7 Å². The summed E-state index contributed by atoms with van der Waals surface area (Å²) in [7, 11) is 0. The summed E-state index contributed by atoms with van der Waals surface area (Å²) in [4.78, 5) is 2.57. The van der Waals surface area contributed by atoms with Crippen molar-refractivity contribution in [2.75, 3.05) is 25.0 Å². The second kappa shape index (κ2) is 7.90. The van der Waals surface area contributed by atoms with Gasteiger partial charge >= 0.3 is 0 Å². The van der Waals surface area contributed by atoms with Crippen LogP contribution < -0.4 is 5.32 Å². The minimum Gasteiger partial charge on any atom is -0.369 e. The summed E-state index contributed by atoms with van der Waals surface area (Å²) in [6, 6.07) is 14.7. The molecule has 0 spiro atoms. The van der Waals surface area contributed by atoms with Gasteiger partial charge in [-0.25, -0.2) is 0 Å². The molecule has 3 rings (SSSR count). The highest BCUT2D eigenvalue weighted by Crippen LogP contribution is 2.21. The standard InChI is InChI=1S/C18H24N4/c1-2-5-17(6-3-1)15-22-13-9-16(10-14-22)8-12-19-18-7-4-11-20-21-18/h1-7,11,16H,8-10,12-15H2,(H,19,21). The van der Waals surface area contributed by atoms with Gasteiger partial charge in [0.1, 0.15) is 5.82 Å². The Hall–Kier alpha value is -1.94. The lowest BCUT2D eigenvalue weighted by Crippen LogP contribution is -2.33. The molecule has 0 aliphatic carbocycles. The Morgan fingerprint density at radius 3 is 2.59 bits per heavy atom. The molecule has 22 heavy (non-hydrogen) atoms. The number of aromatic nitrogens is 2. The zero-order valence-corrected chi connectivity index (χ0v) is 13.0. The van der Waals surface area contributed by atoms with Crippen molar-refractivity contribution >= 4 is 5.82 Å². The second-order valence-corrected chi connectivity index (χ2v) is 6.03. The predicted octanol–water partition coefficient (Wildman–Crippen LogP) is 3.19. The van der Waals surface area contributed by atoms with E-state index < -0.39 is 0 Å². The first-order chi connectivity index (χ1) is 10.9. The van der Waals surface area contributed by atoms with Crippen LogP contribution in [0.5, 0.6) is 0 Å². The van der Waals surface area contributed by atoms with Crippen LogP contribution in [0.1, 0.15) is 24.8 Å². The molecular formula is C18H24N4. The molecule has 0 unspecified atom stereocenters. The van der Waals surface area contributed by atoms with Crippen LogP contribution in [-0.4, -0.2) is 34.7 Å². The topological polar surface area (TPSA) is 41.0 Å². The van der Waals surface area contributed by atoms with Gasteiger partial charge in [-0.05, 0) is 56.0 Å². The first-order valence-electron chi connectivity index (χ1n) is 8.18. The highest BCUT2D eigenvalue weighted by atomic mass is 15.2. The zero-order valence-electron chi connectivity index (χ0n) is 13.0. The van der Waals surface area contributed by atoms with Crippen molar-refractivity contribution in [3.63, 3.8) is 0 Å². The van der Waals surface area contributed by atoms with Crippen molar-refractivity contribution in [1.29, 1.82) is 0 Å². The zero-order chi connectivity index (χ0) is 15.0. The Morgan fingerprint density at radius 2 is 1.86 bits per heavy atom. The Labute approximate surface area is 132 Å². The molecule has 0 atom stereocenters.